The largest absolute Gasteiger partial charge is 0.347 e. The summed E-state index contributed by atoms with van der Waals surface area (Å²) in [6.45, 7) is 2.18. The number of nitrogens with zero attached hydrogens (tertiary/aromatic N) is 3. The molecular weight excluding hydrogens is 484 g/mol. The number of halogens is 1. The zero-order chi connectivity index (χ0) is 23.7. The van der Waals surface area contributed by atoms with E-state index in [0.717, 1.165) is 31.0 Å². The first-order chi connectivity index (χ1) is 15.8. The Kier molecular flexibility index (Phi) is 7.40. The highest BCUT2D eigenvalue weighted by Gasteiger charge is 2.42. The van der Waals surface area contributed by atoms with E-state index in [2.05, 4.69) is 17.3 Å². The van der Waals surface area contributed by atoms with Crippen LogP contribution in [0.3, 0.4) is 0 Å². The molecule has 8 nitrogen and oxygen atoms in total. The summed E-state index contributed by atoms with van der Waals surface area (Å²) in [6.07, 6.45) is 2.14. The van der Waals surface area contributed by atoms with E-state index in [1.54, 1.807) is 17.0 Å². The van der Waals surface area contributed by atoms with E-state index < -0.39 is 6.04 Å². The van der Waals surface area contributed by atoms with Gasteiger partial charge in [-0.1, -0.05) is 11.6 Å². The van der Waals surface area contributed by atoms with Crippen molar-refractivity contribution in [3.05, 3.63) is 42.7 Å². The van der Waals surface area contributed by atoms with Gasteiger partial charge >= 0.3 is 0 Å². The summed E-state index contributed by atoms with van der Waals surface area (Å²) in [5, 5.41) is 4.09. The highest BCUT2D eigenvalue weighted by Crippen LogP contribution is 2.30. The van der Waals surface area contributed by atoms with Gasteiger partial charge in [-0.15, -0.1) is 22.7 Å². The van der Waals surface area contributed by atoms with Gasteiger partial charge in [0.25, 0.3) is 17.7 Å². The van der Waals surface area contributed by atoms with Crippen LogP contribution in [0.1, 0.15) is 36.2 Å². The first-order valence-electron chi connectivity index (χ1n) is 10.8. The molecule has 1 saturated heterocycles. The van der Waals surface area contributed by atoms with Gasteiger partial charge in [0.05, 0.1) is 21.2 Å². The van der Waals surface area contributed by atoms with E-state index in [9.17, 15) is 14.4 Å². The molecule has 0 radical (unpaired) electrons. The average molecular weight is 511 g/mol. The number of hydrogen-bond acceptors (Lipinski definition) is 7. The third-order valence-electron chi connectivity index (χ3n) is 6.15. The summed E-state index contributed by atoms with van der Waals surface area (Å²) in [6, 6.07) is 4.24. The number of amides is 3. The lowest BCUT2D eigenvalue weighted by molar-refractivity contribution is -0.172. The van der Waals surface area contributed by atoms with E-state index in [1.165, 1.54) is 47.3 Å². The Balaban J connectivity index is 1.53. The van der Waals surface area contributed by atoms with Crippen molar-refractivity contribution in [3.63, 3.8) is 0 Å². The SMILES string of the molecule is CON(C)C(=O)[C@@H]1C[C@@H](NC(=O)c2ccc(Cl)s2)CN1C(=O)c1cc2c(s1)CCN(C)CC2. The second kappa shape index (κ2) is 10.1. The molecule has 0 aromatic carbocycles. The number of carbonyl (C=O) groups is 3. The van der Waals surface area contributed by atoms with Crippen molar-refractivity contribution >= 4 is 52.0 Å². The van der Waals surface area contributed by atoms with E-state index >= 15 is 0 Å². The highest BCUT2D eigenvalue weighted by atomic mass is 35.5. The van der Waals surface area contributed by atoms with E-state index in [4.69, 9.17) is 16.4 Å². The Labute approximate surface area is 206 Å². The van der Waals surface area contributed by atoms with Gasteiger partial charge in [-0.05, 0) is 50.1 Å². The predicted octanol–water partition coefficient (Wildman–Crippen LogP) is 2.53. The molecule has 0 unspecified atom stereocenters. The van der Waals surface area contributed by atoms with Crippen molar-refractivity contribution < 1.29 is 19.2 Å². The Morgan fingerprint density at radius 3 is 2.64 bits per heavy atom. The summed E-state index contributed by atoms with van der Waals surface area (Å²) in [5.74, 6) is -0.758. The maximum absolute atomic E-state index is 13.5. The third-order valence-corrected chi connectivity index (χ3v) is 8.61. The van der Waals surface area contributed by atoms with Crippen LogP contribution in [-0.2, 0) is 22.5 Å². The Hall–Kier alpha value is -1.98. The van der Waals surface area contributed by atoms with E-state index in [0.29, 0.717) is 20.5 Å². The number of thiophene rings is 2. The number of likely N-dealkylation sites (N-methyl/N-ethyl adjacent to an activating group) is 2. The number of carbonyl (C=O) groups excluding carboxylic acids is 3. The molecule has 1 fully saturated rings. The van der Waals surface area contributed by atoms with Crippen LogP contribution in [0.2, 0.25) is 4.34 Å². The van der Waals surface area contributed by atoms with Crippen LogP contribution >= 0.6 is 34.3 Å². The fraction of sp³-hybridized carbons (Fsp3) is 0.500. The molecule has 1 N–H and O–H groups in total. The predicted molar refractivity (Wildman–Crippen MR) is 129 cm³/mol. The van der Waals surface area contributed by atoms with Gasteiger partial charge < -0.3 is 15.1 Å². The number of nitrogens with one attached hydrogen (secondary N) is 1. The van der Waals surface area contributed by atoms with Crippen LogP contribution in [0.15, 0.2) is 18.2 Å². The number of likely N-dealkylation sites (tertiary alicyclic amines) is 1. The first-order valence-corrected chi connectivity index (χ1v) is 12.8. The highest BCUT2D eigenvalue weighted by molar-refractivity contribution is 7.18. The van der Waals surface area contributed by atoms with Gasteiger partial charge in [-0.2, -0.15) is 0 Å². The monoisotopic (exact) mass is 510 g/mol. The molecule has 2 aliphatic heterocycles. The number of rotatable bonds is 5. The van der Waals surface area contributed by atoms with Crippen molar-refractivity contribution in [2.24, 2.45) is 0 Å². The van der Waals surface area contributed by atoms with Gasteiger partial charge in [0.1, 0.15) is 6.04 Å². The number of hydrogen-bond donors (Lipinski definition) is 1. The summed E-state index contributed by atoms with van der Waals surface area (Å²) in [7, 11) is 5.04. The van der Waals surface area contributed by atoms with Crippen molar-refractivity contribution in [1.82, 2.24) is 20.2 Å². The molecular formula is C22H27ClN4O4S2. The smallest absolute Gasteiger partial charge is 0.268 e. The van der Waals surface area contributed by atoms with Crippen LogP contribution in [-0.4, -0.2) is 85.5 Å². The molecule has 0 aliphatic carbocycles. The molecule has 0 saturated carbocycles. The minimum absolute atomic E-state index is 0.180. The summed E-state index contributed by atoms with van der Waals surface area (Å²) in [5.41, 5.74) is 1.21. The van der Waals surface area contributed by atoms with Gasteiger partial charge in [0.15, 0.2) is 0 Å². The van der Waals surface area contributed by atoms with Gasteiger partial charge in [-0.25, -0.2) is 5.06 Å². The Bertz CT molecular complexity index is 1030. The molecule has 11 heteroatoms. The standard InChI is InChI=1S/C22H27ClN4O4S2/c1-25-8-6-13-10-18(32-16(13)7-9-25)22(30)27-12-14(11-15(27)21(29)26(2)31-3)24-20(28)17-4-5-19(23)33-17/h4-5,10,14-15H,6-9,11-12H2,1-3H3,(H,24,28)/t14-,15+/m1/s1. The maximum Gasteiger partial charge on any atom is 0.268 e. The van der Waals surface area contributed by atoms with Crippen LogP contribution in [0.25, 0.3) is 0 Å². The molecule has 2 atom stereocenters. The Morgan fingerprint density at radius 1 is 1.18 bits per heavy atom. The zero-order valence-electron chi connectivity index (χ0n) is 18.8. The average Bonchev–Trinajstić information content (AvgIpc) is 3.50. The molecule has 4 heterocycles. The fourth-order valence-electron chi connectivity index (χ4n) is 4.24. The van der Waals surface area contributed by atoms with Gasteiger partial charge in [0, 0.05) is 37.6 Å². The number of fused-ring (bicyclic) bond motifs is 1. The zero-order valence-corrected chi connectivity index (χ0v) is 21.2. The molecule has 2 aromatic rings. The van der Waals surface area contributed by atoms with Crippen LogP contribution in [0, 0.1) is 0 Å². The molecule has 178 valence electrons. The van der Waals surface area contributed by atoms with Crippen molar-refractivity contribution in [2.75, 3.05) is 40.8 Å². The van der Waals surface area contributed by atoms with Gasteiger partial charge in [0.2, 0.25) is 0 Å². The molecule has 0 spiro atoms. The van der Waals surface area contributed by atoms with Crippen molar-refractivity contribution in [3.8, 4) is 0 Å². The van der Waals surface area contributed by atoms with Gasteiger partial charge in [-0.3, -0.25) is 19.2 Å². The third kappa shape index (κ3) is 5.25. The molecule has 2 aliphatic rings. The molecule has 33 heavy (non-hydrogen) atoms. The lowest BCUT2D eigenvalue weighted by atomic mass is 10.1. The molecule has 0 bridgehead atoms. The Morgan fingerprint density at radius 2 is 1.94 bits per heavy atom. The first kappa shape index (κ1) is 24.2. The van der Waals surface area contributed by atoms with Crippen LogP contribution < -0.4 is 5.32 Å². The second-order valence-electron chi connectivity index (χ2n) is 8.36. The minimum atomic E-state index is -0.715. The lowest BCUT2D eigenvalue weighted by Gasteiger charge is -2.26. The summed E-state index contributed by atoms with van der Waals surface area (Å²) >= 11 is 8.66. The summed E-state index contributed by atoms with van der Waals surface area (Å²) in [4.78, 5) is 50.5. The fourth-order valence-corrected chi connectivity index (χ4v) is 6.35. The number of hydroxylamine groups is 2. The molecule has 2 aromatic heterocycles. The minimum Gasteiger partial charge on any atom is -0.347 e. The topological polar surface area (TPSA) is 82.2 Å². The van der Waals surface area contributed by atoms with E-state index in [-0.39, 0.29) is 30.3 Å². The quantitative estimate of drug-likeness (QED) is 0.625. The van der Waals surface area contributed by atoms with E-state index in [1.807, 2.05) is 6.07 Å². The van der Waals surface area contributed by atoms with Crippen molar-refractivity contribution in [2.45, 2.75) is 31.3 Å². The molecule has 3 amide bonds. The summed E-state index contributed by atoms with van der Waals surface area (Å²) < 4.78 is 0.529. The normalized spacial score (nSPS) is 20.9. The van der Waals surface area contributed by atoms with Crippen LogP contribution in [0.5, 0.6) is 0 Å². The maximum atomic E-state index is 13.5. The van der Waals surface area contributed by atoms with Crippen molar-refractivity contribution in [1.29, 1.82) is 0 Å². The van der Waals surface area contributed by atoms with Crippen LogP contribution in [0.4, 0.5) is 0 Å². The second-order valence-corrected chi connectivity index (χ2v) is 11.2. The lowest BCUT2D eigenvalue weighted by Crippen LogP contribution is -2.46. The molecule has 4 rings (SSSR count).